The molecule has 6 heteroatoms. The van der Waals surface area contributed by atoms with Crippen LogP contribution in [0.3, 0.4) is 0 Å². The van der Waals surface area contributed by atoms with E-state index in [9.17, 15) is 9.90 Å². The number of hydrogen-bond donors (Lipinski definition) is 4. The molecule has 0 bridgehead atoms. The first-order valence-electron chi connectivity index (χ1n) is 5.78. The minimum atomic E-state index is -0.318. The highest BCUT2D eigenvalue weighted by Gasteiger charge is 2.07. The molecule has 2 aromatic rings. The van der Waals surface area contributed by atoms with Crippen molar-refractivity contribution in [2.24, 2.45) is 10.9 Å². The molecule has 0 saturated heterocycles. The van der Waals surface area contributed by atoms with E-state index in [0.29, 0.717) is 16.8 Å². The van der Waals surface area contributed by atoms with E-state index in [4.69, 9.17) is 10.9 Å². The second-order valence-corrected chi connectivity index (χ2v) is 4.07. The van der Waals surface area contributed by atoms with Gasteiger partial charge in [-0.25, -0.2) is 0 Å². The molecule has 0 aromatic heterocycles. The quantitative estimate of drug-likeness (QED) is 0.295. The SMILES string of the molecule is N/C(=N/O)c1cccc(NC(=O)c2ccc(O)cc2)c1. The molecular formula is C14H13N3O3. The van der Waals surface area contributed by atoms with Crippen LogP contribution in [0.15, 0.2) is 53.7 Å². The van der Waals surface area contributed by atoms with E-state index < -0.39 is 0 Å². The Hall–Kier alpha value is -3.02. The Bertz CT molecular complexity index is 651. The van der Waals surface area contributed by atoms with Gasteiger partial charge in [0.25, 0.3) is 5.91 Å². The van der Waals surface area contributed by atoms with Crippen molar-refractivity contribution in [1.82, 2.24) is 0 Å². The third kappa shape index (κ3) is 3.05. The van der Waals surface area contributed by atoms with E-state index in [1.165, 1.54) is 24.3 Å². The van der Waals surface area contributed by atoms with Gasteiger partial charge in [0.05, 0.1) is 0 Å². The van der Waals surface area contributed by atoms with Crippen LogP contribution in [0.25, 0.3) is 0 Å². The number of amidine groups is 1. The highest BCUT2D eigenvalue weighted by Crippen LogP contribution is 2.14. The Morgan fingerprint density at radius 2 is 1.80 bits per heavy atom. The molecule has 0 spiro atoms. The van der Waals surface area contributed by atoms with Gasteiger partial charge in [-0.05, 0) is 36.4 Å². The minimum absolute atomic E-state index is 0.0364. The van der Waals surface area contributed by atoms with Crippen molar-refractivity contribution >= 4 is 17.4 Å². The molecule has 0 unspecified atom stereocenters. The number of hydrogen-bond acceptors (Lipinski definition) is 4. The normalized spacial score (nSPS) is 11.1. The summed E-state index contributed by atoms with van der Waals surface area (Å²) >= 11 is 0. The summed E-state index contributed by atoms with van der Waals surface area (Å²) in [6.07, 6.45) is 0. The minimum Gasteiger partial charge on any atom is -0.508 e. The highest BCUT2D eigenvalue weighted by atomic mass is 16.4. The van der Waals surface area contributed by atoms with Crippen LogP contribution >= 0.6 is 0 Å². The summed E-state index contributed by atoms with van der Waals surface area (Å²) in [6.45, 7) is 0. The van der Waals surface area contributed by atoms with Crippen molar-refractivity contribution in [3.8, 4) is 5.75 Å². The molecule has 0 heterocycles. The molecule has 0 saturated carbocycles. The van der Waals surface area contributed by atoms with Crippen molar-refractivity contribution in [2.45, 2.75) is 0 Å². The fourth-order valence-corrected chi connectivity index (χ4v) is 1.63. The summed E-state index contributed by atoms with van der Waals surface area (Å²) in [7, 11) is 0. The van der Waals surface area contributed by atoms with Crippen LogP contribution < -0.4 is 11.1 Å². The third-order valence-electron chi connectivity index (χ3n) is 2.65. The monoisotopic (exact) mass is 271 g/mol. The molecule has 0 aliphatic rings. The lowest BCUT2D eigenvalue weighted by Crippen LogP contribution is -2.15. The highest BCUT2D eigenvalue weighted by molar-refractivity contribution is 6.05. The van der Waals surface area contributed by atoms with Crippen molar-refractivity contribution in [2.75, 3.05) is 5.32 Å². The van der Waals surface area contributed by atoms with Crippen LogP contribution in [0, 0.1) is 0 Å². The number of phenolic OH excluding ortho intramolecular Hbond substituents is 1. The largest absolute Gasteiger partial charge is 0.508 e. The van der Waals surface area contributed by atoms with Gasteiger partial charge in [0.1, 0.15) is 5.75 Å². The zero-order chi connectivity index (χ0) is 14.5. The predicted octanol–water partition coefficient (Wildman–Crippen LogP) is 1.74. The lowest BCUT2D eigenvalue weighted by Gasteiger charge is -2.07. The Kier molecular flexibility index (Phi) is 3.85. The molecule has 102 valence electrons. The third-order valence-corrected chi connectivity index (χ3v) is 2.65. The van der Waals surface area contributed by atoms with Crippen LogP contribution in [-0.2, 0) is 0 Å². The number of nitrogens with two attached hydrogens (primary N) is 1. The fraction of sp³-hybridized carbons (Fsp3) is 0. The number of carbonyl (C=O) groups is 1. The smallest absolute Gasteiger partial charge is 0.255 e. The predicted molar refractivity (Wildman–Crippen MR) is 75.0 cm³/mol. The van der Waals surface area contributed by atoms with Crippen LogP contribution in [0.4, 0.5) is 5.69 Å². The maximum Gasteiger partial charge on any atom is 0.255 e. The van der Waals surface area contributed by atoms with Gasteiger partial charge in [-0.3, -0.25) is 4.79 Å². The molecule has 0 radical (unpaired) electrons. The Balaban J connectivity index is 2.17. The number of nitrogens with one attached hydrogen (secondary N) is 1. The Morgan fingerprint density at radius 1 is 1.10 bits per heavy atom. The van der Waals surface area contributed by atoms with Gasteiger partial charge in [0.2, 0.25) is 0 Å². The molecular weight excluding hydrogens is 258 g/mol. The fourth-order valence-electron chi connectivity index (χ4n) is 1.63. The summed E-state index contributed by atoms with van der Waals surface area (Å²) in [6, 6.07) is 12.5. The van der Waals surface area contributed by atoms with Gasteiger partial charge in [-0.15, -0.1) is 0 Å². The van der Waals surface area contributed by atoms with Gasteiger partial charge in [0.15, 0.2) is 5.84 Å². The van der Waals surface area contributed by atoms with Crippen molar-refractivity contribution in [3.05, 3.63) is 59.7 Å². The molecule has 20 heavy (non-hydrogen) atoms. The van der Waals surface area contributed by atoms with Crippen molar-refractivity contribution in [1.29, 1.82) is 0 Å². The molecule has 1 amide bonds. The van der Waals surface area contributed by atoms with Gasteiger partial charge in [0, 0.05) is 16.8 Å². The van der Waals surface area contributed by atoms with E-state index >= 15 is 0 Å². The van der Waals surface area contributed by atoms with Gasteiger partial charge in [-0.1, -0.05) is 17.3 Å². The number of carbonyl (C=O) groups excluding carboxylic acids is 1. The summed E-state index contributed by atoms with van der Waals surface area (Å²) in [4.78, 5) is 12.0. The molecule has 0 aliphatic heterocycles. The maximum absolute atomic E-state index is 12.0. The second-order valence-electron chi connectivity index (χ2n) is 4.07. The zero-order valence-electron chi connectivity index (χ0n) is 10.4. The number of anilines is 1. The average Bonchev–Trinajstić information content (AvgIpc) is 2.47. The molecule has 2 rings (SSSR count). The molecule has 5 N–H and O–H groups in total. The number of oxime groups is 1. The first-order valence-corrected chi connectivity index (χ1v) is 5.78. The number of phenols is 1. The van der Waals surface area contributed by atoms with Gasteiger partial charge < -0.3 is 21.4 Å². The number of amides is 1. The van der Waals surface area contributed by atoms with Crippen molar-refractivity contribution in [3.63, 3.8) is 0 Å². The first kappa shape index (κ1) is 13.4. The topological polar surface area (TPSA) is 108 Å². The Labute approximate surface area is 115 Å². The number of nitrogens with zero attached hydrogens (tertiary/aromatic N) is 1. The van der Waals surface area contributed by atoms with E-state index in [1.54, 1.807) is 24.3 Å². The van der Waals surface area contributed by atoms with Crippen LogP contribution in [-0.4, -0.2) is 22.1 Å². The van der Waals surface area contributed by atoms with Crippen molar-refractivity contribution < 1.29 is 15.1 Å². The second kappa shape index (κ2) is 5.75. The molecule has 0 aliphatic carbocycles. The van der Waals surface area contributed by atoms with E-state index in [2.05, 4.69) is 10.5 Å². The molecule has 0 atom stereocenters. The maximum atomic E-state index is 12.0. The van der Waals surface area contributed by atoms with Crippen LogP contribution in [0.5, 0.6) is 5.75 Å². The lowest BCUT2D eigenvalue weighted by atomic mass is 10.1. The van der Waals surface area contributed by atoms with E-state index in [1.807, 2.05) is 0 Å². The molecule has 2 aromatic carbocycles. The standard InChI is InChI=1S/C14H13N3O3/c15-13(17-20)10-2-1-3-11(8-10)16-14(19)9-4-6-12(18)7-5-9/h1-8,18,20H,(H2,15,17)(H,16,19). The number of benzene rings is 2. The summed E-state index contributed by atoms with van der Waals surface area (Å²) in [5, 5.41) is 23.4. The average molecular weight is 271 g/mol. The number of rotatable bonds is 3. The van der Waals surface area contributed by atoms with Gasteiger partial charge >= 0.3 is 0 Å². The first-order chi connectivity index (χ1) is 9.60. The Morgan fingerprint density at radius 3 is 2.45 bits per heavy atom. The van der Waals surface area contributed by atoms with E-state index in [-0.39, 0.29) is 17.5 Å². The van der Waals surface area contributed by atoms with E-state index in [0.717, 1.165) is 0 Å². The summed E-state index contributed by atoms with van der Waals surface area (Å²) in [5.74, 6) is -0.261. The lowest BCUT2D eigenvalue weighted by molar-refractivity contribution is 0.102. The summed E-state index contributed by atoms with van der Waals surface area (Å²) < 4.78 is 0. The zero-order valence-corrected chi connectivity index (χ0v) is 10.4. The summed E-state index contributed by atoms with van der Waals surface area (Å²) in [5.41, 5.74) is 6.91. The van der Waals surface area contributed by atoms with Crippen LogP contribution in [0.2, 0.25) is 0 Å². The van der Waals surface area contributed by atoms with Gasteiger partial charge in [-0.2, -0.15) is 0 Å². The number of aromatic hydroxyl groups is 1. The molecule has 6 nitrogen and oxygen atoms in total. The van der Waals surface area contributed by atoms with Crippen LogP contribution in [0.1, 0.15) is 15.9 Å². The molecule has 0 fully saturated rings.